The van der Waals surface area contributed by atoms with Crippen LogP contribution in [0.25, 0.3) is 89.8 Å². The van der Waals surface area contributed by atoms with Crippen molar-refractivity contribution in [3.8, 4) is 78.7 Å². The highest BCUT2D eigenvalue weighted by Crippen LogP contribution is 2.34. The largest absolute Gasteiger partial charge is 0.404 e. The maximum Gasteiger partial charge on any atom is 0.164 e. The summed E-state index contributed by atoms with van der Waals surface area (Å²) in [5.74, 6) is 1.89. The Labute approximate surface area is 352 Å². The molecule has 0 spiro atoms. The van der Waals surface area contributed by atoms with Gasteiger partial charge in [0, 0.05) is 46.4 Å². The summed E-state index contributed by atoms with van der Waals surface area (Å²) >= 11 is 0. The normalized spacial score (nSPS) is 12.1. The number of pyridine rings is 2. The molecule has 6 heteroatoms. The summed E-state index contributed by atoms with van der Waals surface area (Å²) in [6.07, 6.45) is 15.4. The third-order valence-electron chi connectivity index (χ3n) is 10.3. The van der Waals surface area contributed by atoms with Gasteiger partial charge in [-0.2, -0.15) is 0 Å². The fourth-order valence-corrected chi connectivity index (χ4v) is 7.14. The average Bonchev–Trinajstić information content (AvgIpc) is 3.33. The number of nitrogens with zero attached hydrogens (tertiary/aromatic N) is 5. The molecule has 290 valence electrons. The molecule has 0 atom stereocenters. The third-order valence-corrected chi connectivity index (χ3v) is 10.3. The SMILES string of the molecule is C/C=C\C(=C/N)c1ccc(-c2cc(-c3ccc(-c4cccc(-c5nc(C(/C=C\C)=C/C)nc(-c6ccccc6)n5)c4)cc3)cc(-c3ccc(-c4cccnc4)cc3)n2)cc1. The molecule has 8 rings (SSSR count). The first-order valence-corrected chi connectivity index (χ1v) is 20.0. The van der Waals surface area contributed by atoms with Crippen molar-refractivity contribution in [1.29, 1.82) is 0 Å². The minimum atomic E-state index is 0.622. The van der Waals surface area contributed by atoms with Crippen LogP contribution in [-0.2, 0) is 0 Å². The maximum atomic E-state index is 5.95. The first-order chi connectivity index (χ1) is 29.5. The van der Waals surface area contributed by atoms with E-state index in [0.717, 1.165) is 83.7 Å². The first kappa shape index (κ1) is 39.0. The van der Waals surface area contributed by atoms with Crippen LogP contribution in [0.5, 0.6) is 0 Å². The van der Waals surface area contributed by atoms with E-state index in [4.69, 9.17) is 25.7 Å². The highest BCUT2D eigenvalue weighted by Gasteiger charge is 2.14. The first-order valence-electron chi connectivity index (χ1n) is 20.0. The predicted molar refractivity (Wildman–Crippen MR) is 249 cm³/mol. The second kappa shape index (κ2) is 18.2. The molecule has 3 heterocycles. The van der Waals surface area contributed by atoms with Crippen LogP contribution < -0.4 is 5.73 Å². The monoisotopic (exact) mass is 776 g/mol. The molecule has 0 bridgehead atoms. The molecule has 60 heavy (non-hydrogen) atoms. The van der Waals surface area contributed by atoms with Gasteiger partial charge in [0.25, 0.3) is 0 Å². The fourth-order valence-electron chi connectivity index (χ4n) is 7.14. The molecule has 5 aromatic carbocycles. The van der Waals surface area contributed by atoms with Crippen LogP contribution in [0.2, 0.25) is 0 Å². The van der Waals surface area contributed by atoms with E-state index in [1.165, 1.54) is 0 Å². The summed E-state index contributed by atoms with van der Waals surface area (Å²) in [5, 5.41) is 0. The highest BCUT2D eigenvalue weighted by molar-refractivity contribution is 5.81. The number of nitrogens with two attached hydrogens (primary N) is 1. The third kappa shape index (κ3) is 8.69. The van der Waals surface area contributed by atoms with Crippen LogP contribution in [0, 0.1) is 0 Å². The summed E-state index contributed by atoms with van der Waals surface area (Å²) in [7, 11) is 0. The Balaban J connectivity index is 1.15. The molecule has 0 unspecified atom stereocenters. The molecular formula is C54H44N6. The smallest absolute Gasteiger partial charge is 0.164 e. The zero-order chi connectivity index (χ0) is 41.3. The predicted octanol–water partition coefficient (Wildman–Crippen LogP) is 13.2. The molecule has 3 aromatic heterocycles. The Morgan fingerprint density at radius 2 is 0.967 bits per heavy atom. The Bertz CT molecular complexity index is 2860. The van der Waals surface area contributed by atoms with Crippen molar-refractivity contribution in [1.82, 2.24) is 24.9 Å². The molecule has 0 saturated heterocycles. The van der Waals surface area contributed by atoms with Crippen molar-refractivity contribution in [2.24, 2.45) is 5.73 Å². The molecule has 0 aliphatic heterocycles. The van der Waals surface area contributed by atoms with Crippen molar-refractivity contribution in [3.63, 3.8) is 0 Å². The van der Waals surface area contributed by atoms with Crippen LogP contribution in [0.4, 0.5) is 0 Å². The minimum Gasteiger partial charge on any atom is -0.404 e. The van der Waals surface area contributed by atoms with Crippen molar-refractivity contribution >= 4 is 11.1 Å². The van der Waals surface area contributed by atoms with E-state index < -0.39 is 0 Å². The summed E-state index contributed by atoms with van der Waals surface area (Å²) in [6.45, 7) is 5.98. The number of rotatable bonds is 11. The van der Waals surface area contributed by atoms with Gasteiger partial charge in [-0.3, -0.25) is 4.98 Å². The van der Waals surface area contributed by atoms with Gasteiger partial charge < -0.3 is 5.73 Å². The molecule has 0 aliphatic rings. The molecule has 0 saturated carbocycles. The van der Waals surface area contributed by atoms with E-state index in [2.05, 4.69) is 120 Å². The quantitative estimate of drug-likeness (QED) is 0.132. The maximum absolute atomic E-state index is 5.95. The summed E-state index contributed by atoms with van der Waals surface area (Å²) in [6, 6.07) is 52.4. The molecule has 2 N–H and O–H groups in total. The fraction of sp³-hybridized carbons (Fsp3) is 0.0556. The highest BCUT2D eigenvalue weighted by atomic mass is 15.0. The Morgan fingerprint density at radius 3 is 1.57 bits per heavy atom. The van der Waals surface area contributed by atoms with Gasteiger partial charge >= 0.3 is 0 Å². The van der Waals surface area contributed by atoms with Crippen LogP contribution in [0.3, 0.4) is 0 Å². The lowest BCUT2D eigenvalue weighted by molar-refractivity contribution is 1.04. The van der Waals surface area contributed by atoms with E-state index in [1.54, 1.807) is 12.4 Å². The standard InChI is InChI=1S/C54H44N6/c1-4-12-37(6-3)52-58-53(44-14-8-7-9-15-44)60-54(59-52)46-17-10-16-45(32-46)38-19-21-41(22-20-38)49-33-50(42-27-23-39(24-28-42)47(35-55)13-5-2)57-51(34-49)43-29-25-40(26-30-43)48-18-11-31-56-36-48/h4-36H,55H2,1-3H3/b12-4-,13-5-,37-6+,47-35+. The Kier molecular flexibility index (Phi) is 11.8. The molecule has 6 nitrogen and oxygen atoms in total. The lowest BCUT2D eigenvalue weighted by Crippen LogP contribution is -2.02. The van der Waals surface area contributed by atoms with Gasteiger partial charge in [0.2, 0.25) is 0 Å². The minimum absolute atomic E-state index is 0.622. The van der Waals surface area contributed by atoms with Crippen molar-refractivity contribution < 1.29 is 0 Å². The Hall–Kier alpha value is -7.83. The molecule has 0 aliphatic carbocycles. The van der Waals surface area contributed by atoms with E-state index in [9.17, 15) is 0 Å². The van der Waals surface area contributed by atoms with E-state index >= 15 is 0 Å². The van der Waals surface area contributed by atoms with E-state index in [1.807, 2.05) is 93.7 Å². The van der Waals surface area contributed by atoms with Crippen LogP contribution in [0.1, 0.15) is 32.2 Å². The summed E-state index contributed by atoms with van der Waals surface area (Å²) < 4.78 is 0. The van der Waals surface area contributed by atoms with Gasteiger partial charge in [-0.1, -0.05) is 158 Å². The molecule has 0 fully saturated rings. The van der Waals surface area contributed by atoms with Gasteiger partial charge in [-0.15, -0.1) is 0 Å². The van der Waals surface area contributed by atoms with Crippen molar-refractivity contribution in [2.45, 2.75) is 20.8 Å². The number of allylic oxidation sites excluding steroid dienone is 7. The lowest BCUT2D eigenvalue weighted by Gasteiger charge is -2.12. The molecule has 0 amide bonds. The van der Waals surface area contributed by atoms with Gasteiger partial charge in [-0.05, 0) is 89.6 Å². The number of hydrogen-bond donors (Lipinski definition) is 1. The summed E-state index contributed by atoms with van der Waals surface area (Å²) in [5.41, 5.74) is 21.1. The second-order valence-electron chi connectivity index (χ2n) is 14.2. The molecular weight excluding hydrogens is 733 g/mol. The van der Waals surface area contributed by atoms with E-state index in [0.29, 0.717) is 17.5 Å². The van der Waals surface area contributed by atoms with Crippen LogP contribution in [0.15, 0.2) is 201 Å². The summed E-state index contributed by atoms with van der Waals surface area (Å²) in [4.78, 5) is 24.3. The topological polar surface area (TPSA) is 90.5 Å². The second-order valence-corrected chi connectivity index (χ2v) is 14.2. The van der Waals surface area contributed by atoms with Gasteiger partial charge in [0.15, 0.2) is 17.5 Å². The molecule has 0 radical (unpaired) electrons. The number of aromatic nitrogens is 5. The van der Waals surface area contributed by atoms with Gasteiger partial charge in [0.05, 0.1) is 11.4 Å². The average molecular weight is 777 g/mol. The lowest BCUT2D eigenvalue weighted by atomic mass is 9.96. The van der Waals surface area contributed by atoms with Crippen molar-refractivity contribution in [2.75, 3.05) is 0 Å². The van der Waals surface area contributed by atoms with Crippen LogP contribution in [-0.4, -0.2) is 24.9 Å². The van der Waals surface area contributed by atoms with Gasteiger partial charge in [0.1, 0.15) is 0 Å². The van der Waals surface area contributed by atoms with Crippen molar-refractivity contribution in [3.05, 3.63) is 212 Å². The van der Waals surface area contributed by atoms with E-state index in [-0.39, 0.29) is 0 Å². The molecule has 8 aromatic rings. The Morgan fingerprint density at radius 1 is 0.433 bits per heavy atom. The zero-order valence-electron chi connectivity index (χ0n) is 33.9. The van der Waals surface area contributed by atoms with Crippen LogP contribution >= 0.6 is 0 Å². The zero-order valence-corrected chi connectivity index (χ0v) is 33.9. The van der Waals surface area contributed by atoms with Gasteiger partial charge in [-0.25, -0.2) is 19.9 Å². The number of benzene rings is 5. The number of hydrogen-bond acceptors (Lipinski definition) is 6.